The highest BCUT2D eigenvalue weighted by Gasteiger charge is 2.30. The zero-order valence-corrected chi connectivity index (χ0v) is 22.6. The van der Waals surface area contributed by atoms with Crippen LogP contribution < -0.4 is 5.32 Å². The summed E-state index contributed by atoms with van der Waals surface area (Å²) in [6.45, 7) is 0.619. The average molecular weight is 580 g/mol. The number of carboxylic acid groups (broad SMARTS) is 1. The fourth-order valence-electron chi connectivity index (χ4n) is 5.12. The molecule has 2 heterocycles. The second-order valence-electron chi connectivity index (χ2n) is 10.2. The summed E-state index contributed by atoms with van der Waals surface area (Å²) in [5.41, 5.74) is 4.13. The van der Waals surface area contributed by atoms with E-state index in [1.165, 1.54) is 24.3 Å². The van der Waals surface area contributed by atoms with Crippen molar-refractivity contribution >= 4 is 33.7 Å². The number of amides is 1. The van der Waals surface area contributed by atoms with Crippen molar-refractivity contribution < 1.29 is 27.9 Å². The Hall–Kier alpha value is -5.44. The van der Waals surface area contributed by atoms with Crippen LogP contribution in [0.1, 0.15) is 37.4 Å². The SMILES string of the molecule is O=C(O)c1ccc(CNC(=O)c2cc(-c3ccc(C(F)(F)F)cc3)cc3ccn(Cc4ccc5cccnc5c4)c23)cc1. The Labute approximate surface area is 244 Å². The van der Waals surface area contributed by atoms with E-state index in [-0.39, 0.29) is 18.0 Å². The number of hydrogen-bond acceptors (Lipinski definition) is 3. The van der Waals surface area contributed by atoms with E-state index in [4.69, 9.17) is 5.11 Å². The first kappa shape index (κ1) is 27.7. The molecule has 0 aliphatic rings. The number of carbonyl (C=O) groups excluding carboxylic acids is 1. The molecular formula is C34H24F3N3O3. The van der Waals surface area contributed by atoms with Crippen molar-refractivity contribution in [3.8, 4) is 11.1 Å². The molecule has 2 aromatic heterocycles. The minimum Gasteiger partial charge on any atom is -0.478 e. The molecule has 4 aromatic carbocycles. The molecule has 0 fully saturated rings. The monoisotopic (exact) mass is 579 g/mol. The summed E-state index contributed by atoms with van der Waals surface area (Å²) in [4.78, 5) is 29.3. The van der Waals surface area contributed by atoms with Gasteiger partial charge in [0.1, 0.15) is 0 Å². The average Bonchev–Trinajstić information content (AvgIpc) is 3.41. The standard InChI is InChI=1S/C34H24F3N3O3/c35-34(36,37)28-11-9-23(10-12-28)27-17-26-13-15-40(20-22-5-6-24-2-1-14-38-30(24)16-22)31(26)29(18-27)32(41)39-19-21-3-7-25(8-4-21)33(42)43/h1-18H,19-20H2,(H,39,41)(H,42,43). The molecule has 6 aromatic rings. The van der Waals surface area contributed by atoms with Crippen molar-refractivity contribution in [2.24, 2.45) is 0 Å². The van der Waals surface area contributed by atoms with Crippen LogP contribution in [-0.4, -0.2) is 26.5 Å². The smallest absolute Gasteiger partial charge is 0.416 e. The van der Waals surface area contributed by atoms with Crippen molar-refractivity contribution in [2.45, 2.75) is 19.3 Å². The molecule has 0 spiro atoms. The number of rotatable bonds is 7. The maximum Gasteiger partial charge on any atom is 0.416 e. The van der Waals surface area contributed by atoms with E-state index in [0.29, 0.717) is 34.3 Å². The van der Waals surface area contributed by atoms with Gasteiger partial charge in [-0.25, -0.2) is 4.79 Å². The Morgan fingerprint density at radius 3 is 2.28 bits per heavy atom. The van der Waals surface area contributed by atoms with Crippen molar-refractivity contribution in [3.63, 3.8) is 0 Å². The lowest BCUT2D eigenvalue weighted by Gasteiger charge is -2.14. The van der Waals surface area contributed by atoms with Crippen LogP contribution in [0.15, 0.2) is 109 Å². The third kappa shape index (κ3) is 5.83. The Bertz CT molecular complexity index is 1980. The summed E-state index contributed by atoms with van der Waals surface area (Å²) in [5.74, 6) is -1.41. The van der Waals surface area contributed by atoms with Crippen LogP contribution in [0.25, 0.3) is 32.9 Å². The molecule has 0 aliphatic heterocycles. The van der Waals surface area contributed by atoms with Crippen LogP contribution >= 0.6 is 0 Å². The van der Waals surface area contributed by atoms with Gasteiger partial charge in [0.05, 0.1) is 27.7 Å². The van der Waals surface area contributed by atoms with Gasteiger partial charge in [-0.2, -0.15) is 13.2 Å². The largest absolute Gasteiger partial charge is 0.478 e. The molecule has 6 rings (SSSR count). The predicted octanol–water partition coefficient (Wildman–Crippen LogP) is 7.55. The highest BCUT2D eigenvalue weighted by molar-refractivity contribution is 6.08. The van der Waals surface area contributed by atoms with Gasteiger partial charge in [0.15, 0.2) is 0 Å². The van der Waals surface area contributed by atoms with Gasteiger partial charge in [0.2, 0.25) is 0 Å². The molecular weight excluding hydrogens is 555 g/mol. The van der Waals surface area contributed by atoms with Crippen LogP contribution in [0.4, 0.5) is 13.2 Å². The Morgan fingerprint density at radius 2 is 1.56 bits per heavy atom. The summed E-state index contributed by atoms with van der Waals surface area (Å²) in [6, 6.07) is 26.3. The maximum absolute atomic E-state index is 13.7. The second kappa shape index (κ2) is 11.1. The molecule has 0 aliphatic carbocycles. The molecule has 0 atom stereocenters. The topological polar surface area (TPSA) is 84.2 Å². The number of hydrogen-bond donors (Lipinski definition) is 2. The number of carboxylic acids is 1. The van der Waals surface area contributed by atoms with Crippen LogP contribution in [0.2, 0.25) is 0 Å². The van der Waals surface area contributed by atoms with Crippen molar-refractivity contribution in [1.82, 2.24) is 14.9 Å². The normalized spacial score (nSPS) is 11.6. The molecule has 0 saturated carbocycles. The molecule has 0 radical (unpaired) electrons. The first-order valence-electron chi connectivity index (χ1n) is 13.4. The van der Waals surface area contributed by atoms with E-state index in [2.05, 4.69) is 10.3 Å². The van der Waals surface area contributed by atoms with Crippen LogP contribution in [0.5, 0.6) is 0 Å². The van der Waals surface area contributed by atoms with E-state index in [0.717, 1.165) is 34.0 Å². The molecule has 2 N–H and O–H groups in total. The molecule has 0 saturated heterocycles. The Balaban J connectivity index is 1.37. The number of carbonyl (C=O) groups is 2. The van der Waals surface area contributed by atoms with Crippen LogP contribution in [-0.2, 0) is 19.3 Å². The van der Waals surface area contributed by atoms with Crippen LogP contribution in [0.3, 0.4) is 0 Å². The Morgan fingerprint density at radius 1 is 0.814 bits per heavy atom. The van der Waals surface area contributed by atoms with Gasteiger partial charge in [-0.3, -0.25) is 9.78 Å². The highest BCUT2D eigenvalue weighted by Crippen LogP contribution is 2.33. The number of aromatic nitrogens is 2. The van der Waals surface area contributed by atoms with Gasteiger partial charge < -0.3 is 15.0 Å². The number of alkyl halides is 3. The molecule has 0 unspecified atom stereocenters. The number of nitrogens with zero attached hydrogens (tertiary/aromatic N) is 2. The minimum absolute atomic E-state index is 0.141. The summed E-state index contributed by atoms with van der Waals surface area (Å²) < 4.78 is 41.5. The number of halogens is 3. The highest BCUT2D eigenvalue weighted by atomic mass is 19.4. The van der Waals surface area contributed by atoms with Gasteiger partial charge in [-0.1, -0.05) is 42.5 Å². The van der Waals surface area contributed by atoms with Gasteiger partial charge in [-0.15, -0.1) is 0 Å². The summed E-state index contributed by atoms with van der Waals surface area (Å²) in [7, 11) is 0. The number of aromatic carboxylic acids is 1. The van der Waals surface area contributed by atoms with Crippen molar-refractivity contribution in [3.05, 3.63) is 137 Å². The van der Waals surface area contributed by atoms with E-state index >= 15 is 0 Å². The fraction of sp³-hybridized carbons (Fsp3) is 0.0882. The molecule has 1 amide bonds. The molecule has 6 nitrogen and oxygen atoms in total. The number of nitrogens with one attached hydrogen (secondary N) is 1. The molecule has 214 valence electrons. The van der Waals surface area contributed by atoms with Gasteiger partial charge in [0, 0.05) is 36.3 Å². The second-order valence-corrected chi connectivity index (χ2v) is 10.2. The van der Waals surface area contributed by atoms with E-state index in [1.807, 2.05) is 53.2 Å². The van der Waals surface area contributed by atoms with Crippen molar-refractivity contribution in [2.75, 3.05) is 0 Å². The number of fused-ring (bicyclic) bond motifs is 2. The Kier molecular flexibility index (Phi) is 7.15. The number of pyridine rings is 1. The fourth-order valence-corrected chi connectivity index (χ4v) is 5.12. The number of benzene rings is 4. The minimum atomic E-state index is -4.45. The van der Waals surface area contributed by atoms with E-state index in [9.17, 15) is 22.8 Å². The van der Waals surface area contributed by atoms with Crippen LogP contribution in [0, 0.1) is 0 Å². The summed E-state index contributed by atoms with van der Waals surface area (Å²) in [5, 5.41) is 13.8. The lowest BCUT2D eigenvalue weighted by atomic mass is 9.98. The van der Waals surface area contributed by atoms with Crippen molar-refractivity contribution in [1.29, 1.82) is 0 Å². The zero-order chi connectivity index (χ0) is 30.1. The maximum atomic E-state index is 13.7. The summed E-state index contributed by atoms with van der Waals surface area (Å²) >= 11 is 0. The third-order valence-corrected chi connectivity index (χ3v) is 7.33. The summed E-state index contributed by atoms with van der Waals surface area (Å²) in [6.07, 6.45) is -0.839. The molecule has 43 heavy (non-hydrogen) atoms. The van der Waals surface area contributed by atoms with Gasteiger partial charge in [0.25, 0.3) is 5.91 Å². The first-order valence-corrected chi connectivity index (χ1v) is 13.4. The zero-order valence-electron chi connectivity index (χ0n) is 22.6. The van der Waals surface area contributed by atoms with Gasteiger partial charge >= 0.3 is 12.1 Å². The lowest BCUT2D eigenvalue weighted by Crippen LogP contribution is -2.23. The quantitative estimate of drug-likeness (QED) is 0.205. The molecule has 9 heteroatoms. The first-order chi connectivity index (χ1) is 20.7. The lowest BCUT2D eigenvalue weighted by molar-refractivity contribution is -0.137. The molecule has 0 bridgehead atoms. The predicted molar refractivity (Wildman–Crippen MR) is 158 cm³/mol. The van der Waals surface area contributed by atoms with Gasteiger partial charge in [-0.05, 0) is 76.9 Å². The van der Waals surface area contributed by atoms with E-state index in [1.54, 1.807) is 24.4 Å². The van der Waals surface area contributed by atoms with E-state index < -0.39 is 17.7 Å². The third-order valence-electron chi connectivity index (χ3n) is 7.33.